The van der Waals surface area contributed by atoms with E-state index >= 15 is 0 Å². The van der Waals surface area contributed by atoms with Crippen LogP contribution in [-0.4, -0.2) is 77.7 Å². The van der Waals surface area contributed by atoms with Gasteiger partial charge < -0.3 is 29.7 Å². The molecule has 2 aromatic heterocycles. The van der Waals surface area contributed by atoms with Crippen LogP contribution < -0.4 is 5.32 Å². The molecule has 0 spiro atoms. The average Bonchev–Trinajstić information content (AvgIpc) is 4.02. The molecule has 0 bridgehead atoms. The summed E-state index contributed by atoms with van der Waals surface area (Å²) in [6.07, 6.45) is 13.4. The summed E-state index contributed by atoms with van der Waals surface area (Å²) in [6.45, 7) is 2.08. The summed E-state index contributed by atoms with van der Waals surface area (Å²) in [5.41, 5.74) is 15.7. The van der Waals surface area contributed by atoms with Crippen molar-refractivity contribution in [3.8, 4) is 33.5 Å². The fraction of sp³-hybridized carbons (Fsp3) is 0.455. The van der Waals surface area contributed by atoms with Crippen LogP contribution in [0.3, 0.4) is 0 Å². The van der Waals surface area contributed by atoms with Crippen molar-refractivity contribution in [2.45, 2.75) is 82.1 Å². The molecule has 3 N–H and O–H groups in total. The van der Waals surface area contributed by atoms with Crippen LogP contribution >= 0.6 is 0 Å². The van der Waals surface area contributed by atoms with E-state index in [1.165, 1.54) is 57.3 Å². The van der Waals surface area contributed by atoms with Crippen LogP contribution in [0, 0.1) is 5.92 Å². The van der Waals surface area contributed by atoms with Gasteiger partial charge in [-0.05, 0) is 133 Å². The van der Waals surface area contributed by atoms with E-state index in [4.69, 9.17) is 19.4 Å². The van der Waals surface area contributed by atoms with E-state index in [1.807, 2.05) is 11.1 Å². The van der Waals surface area contributed by atoms with Gasteiger partial charge in [0.1, 0.15) is 18.3 Å². The van der Waals surface area contributed by atoms with Gasteiger partial charge in [-0.15, -0.1) is 0 Å². The van der Waals surface area contributed by atoms with Gasteiger partial charge >= 0.3 is 0 Å². The predicted molar refractivity (Wildman–Crippen MR) is 209 cm³/mol. The number of aromatic amines is 2. The second-order valence-corrected chi connectivity index (χ2v) is 15.8. The highest BCUT2D eigenvalue weighted by Crippen LogP contribution is 2.57. The monoisotopic (exact) mass is 726 g/mol. The molecule has 3 aromatic carbocycles. The van der Waals surface area contributed by atoms with Crippen molar-refractivity contribution in [3.05, 3.63) is 82.6 Å². The van der Waals surface area contributed by atoms with Crippen LogP contribution in [0.25, 0.3) is 44.5 Å². The SMILES string of the molecule is COCC(=O)N1CCCC1c1nc2ccc(-c3ccc(-c4ccc(-c5cnc([C@H](CCCNC=O)COC)[nH]5)c5c4CCC5)c4c3CC3CCC43)cc2[nH]1. The molecular formula is C44H50N6O4. The summed E-state index contributed by atoms with van der Waals surface area (Å²) in [5, 5.41) is 2.77. The number of hydrogen-bond donors (Lipinski definition) is 3. The van der Waals surface area contributed by atoms with Gasteiger partial charge in [0.25, 0.3) is 0 Å². The lowest BCUT2D eigenvalue weighted by atomic mass is 9.72. The smallest absolute Gasteiger partial charge is 0.249 e. The zero-order valence-corrected chi connectivity index (χ0v) is 31.4. The van der Waals surface area contributed by atoms with Crippen molar-refractivity contribution < 1.29 is 19.1 Å². The third-order valence-electron chi connectivity index (χ3n) is 12.8. The molecule has 10 heteroatoms. The maximum atomic E-state index is 12.8. The Hall–Kier alpha value is -4.80. The van der Waals surface area contributed by atoms with Crippen molar-refractivity contribution in [1.82, 2.24) is 30.2 Å². The average molecular weight is 727 g/mol. The van der Waals surface area contributed by atoms with Crippen LogP contribution in [0.15, 0.2) is 48.7 Å². The minimum atomic E-state index is -0.0404. The Morgan fingerprint density at radius 3 is 2.61 bits per heavy atom. The fourth-order valence-corrected chi connectivity index (χ4v) is 10.1. The Balaban J connectivity index is 1.03. The van der Waals surface area contributed by atoms with E-state index in [0.717, 1.165) is 98.6 Å². The molecule has 3 aliphatic carbocycles. The van der Waals surface area contributed by atoms with Gasteiger partial charge in [0.2, 0.25) is 12.3 Å². The first kappa shape index (κ1) is 34.9. The van der Waals surface area contributed by atoms with E-state index in [2.05, 4.69) is 57.7 Å². The van der Waals surface area contributed by atoms with Gasteiger partial charge in [-0.25, -0.2) is 9.97 Å². The van der Waals surface area contributed by atoms with Crippen molar-refractivity contribution in [3.63, 3.8) is 0 Å². The summed E-state index contributed by atoms with van der Waals surface area (Å²) in [4.78, 5) is 42.5. The molecule has 1 aliphatic heterocycles. The maximum Gasteiger partial charge on any atom is 0.249 e. The second-order valence-electron chi connectivity index (χ2n) is 15.8. The lowest BCUT2D eigenvalue weighted by Crippen LogP contribution is -2.33. The van der Waals surface area contributed by atoms with Crippen molar-refractivity contribution in [1.29, 1.82) is 0 Å². The number of aromatic nitrogens is 4. The Bertz CT molecular complexity index is 2200. The Morgan fingerprint density at radius 1 is 0.963 bits per heavy atom. The molecule has 10 nitrogen and oxygen atoms in total. The number of amides is 2. The first-order chi connectivity index (χ1) is 26.6. The number of nitrogens with one attached hydrogen (secondary N) is 3. The molecule has 3 unspecified atom stereocenters. The highest BCUT2D eigenvalue weighted by atomic mass is 16.5. The summed E-state index contributed by atoms with van der Waals surface area (Å²) in [7, 11) is 3.30. The van der Waals surface area contributed by atoms with Crippen molar-refractivity contribution in [2.75, 3.05) is 40.5 Å². The number of hydrogen-bond acceptors (Lipinski definition) is 6. The van der Waals surface area contributed by atoms with Crippen molar-refractivity contribution in [2.24, 2.45) is 5.92 Å². The topological polar surface area (TPSA) is 125 Å². The standard InChI is InChI=1S/C44H50N6O4/c1-53-23-28(6-4-18-45-25-51)43-46-22-39(49-43)34-15-14-33(31-7-3-8-32(31)34)35-16-13-29(36-20-26-10-12-30(26)42(35)36)27-11-17-37-38(21-27)48-44(47-37)40-9-5-19-50(40)41(52)24-54-2/h11,13-17,21-22,25-26,28,30,40H,3-10,12,18-20,23-24H2,1-2H3,(H,45,51)(H,46,49)(H,47,48)/t26?,28-,30?,40?/m1/s1. The van der Waals surface area contributed by atoms with Crippen LogP contribution in [-0.2, 0) is 38.3 Å². The first-order valence-corrected chi connectivity index (χ1v) is 19.9. The molecule has 280 valence electrons. The number of rotatable bonds is 14. The third-order valence-corrected chi connectivity index (χ3v) is 12.8. The Morgan fingerprint density at radius 2 is 1.80 bits per heavy atom. The summed E-state index contributed by atoms with van der Waals surface area (Å²) in [5.74, 6) is 3.33. The number of nitrogens with zero attached hydrogens (tertiary/aromatic N) is 3. The van der Waals surface area contributed by atoms with Gasteiger partial charge in [-0.3, -0.25) is 9.59 Å². The third kappa shape index (κ3) is 6.13. The maximum absolute atomic E-state index is 12.8. The van der Waals surface area contributed by atoms with E-state index in [0.29, 0.717) is 19.1 Å². The number of carbonyl (C=O) groups excluding carboxylic acids is 2. The van der Waals surface area contributed by atoms with Gasteiger partial charge in [-0.2, -0.15) is 0 Å². The van der Waals surface area contributed by atoms with Crippen molar-refractivity contribution >= 4 is 23.4 Å². The lowest BCUT2D eigenvalue weighted by molar-refractivity contribution is -0.136. The fourth-order valence-electron chi connectivity index (χ4n) is 10.1. The molecule has 1 saturated heterocycles. The molecular weight excluding hydrogens is 677 g/mol. The van der Waals surface area contributed by atoms with Gasteiger partial charge in [-0.1, -0.05) is 30.3 Å². The van der Waals surface area contributed by atoms with E-state index in [-0.39, 0.29) is 24.5 Å². The number of carbonyl (C=O) groups is 2. The lowest BCUT2D eigenvalue weighted by Gasteiger charge is -2.32. The summed E-state index contributed by atoms with van der Waals surface area (Å²) >= 11 is 0. The van der Waals surface area contributed by atoms with E-state index in [1.54, 1.807) is 19.8 Å². The molecule has 54 heavy (non-hydrogen) atoms. The molecule has 1 saturated carbocycles. The quantitative estimate of drug-likeness (QED) is 0.0810. The molecule has 3 heterocycles. The van der Waals surface area contributed by atoms with Crippen LogP contribution in [0.5, 0.6) is 0 Å². The number of fused-ring (bicyclic) bond motifs is 5. The van der Waals surface area contributed by atoms with Gasteiger partial charge in [0, 0.05) is 38.8 Å². The molecule has 2 amide bonds. The number of imidazole rings is 2. The molecule has 0 radical (unpaired) electrons. The van der Waals surface area contributed by atoms with E-state index < -0.39 is 0 Å². The second kappa shape index (κ2) is 14.8. The highest BCUT2D eigenvalue weighted by Gasteiger charge is 2.42. The Kier molecular flexibility index (Phi) is 9.57. The number of methoxy groups -OCH3 is 2. The highest BCUT2D eigenvalue weighted by molar-refractivity contribution is 5.87. The number of benzene rings is 3. The van der Waals surface area contributed by atoms with Crippen LogP contribution in [0.4, 0.5) is 0 Å². The van der Waals surface area contributed by atoms with E-state index in [9.17, 15) is 9.59 Å². The summed E-state index contributed by atoms with van der Waals surface area (Å²) < 4.78 is 10.7. The van der Waals surface area contributed by atoms with Crippen LogP contribution in [0.2, 0.25) is 0 Å². The largest absolute Gasteiger partial charge is 0.384 e. The molecule has 2 fully saturated rings. The van der Waals surface area contributed by atoms with Gasteiger partial charge in [0.05, 0.1) is 35.6 Å². The zero-order chi connectivity index (χ0) is 36.8. The molecule has 4 aliphatic rings. The molecule has 5 aromatic rings. The predicted octanol–water partition coefficient (Wildman–Crippen LogP) is 7.39. The van der Waals surface area contributed by atoms with Gasteiger partial charge in [0.15, 0.2) is 0 Å². The molecule has 4 atom stereocenters. The minimum Gasteiger partial charge on any atom is -0.384 e. The first-order valence-electron chi connectivity index (χ1n) is 19.9. The molecule has 9 rings (SSSR count). The Labute approximate surface area is 316 Å². The number of H-pyrrole nitrogens is 2. The number of likely N-dealkylation sites (tertiary alicyclic amines) is 1. The summed E-state index contributed by atoms with van der Waals surface area (Å²) in [6, 6.07) is 16.1. The normalized spacial score (nSPS) is 20.5. The zero-order valence-electron chi connectivity index (χ0n) is 31.4. The number of ether oxygens (including phenoxy) is 2. The minimum absolute atomic E-state index is 0.0195. The van der Waals surface area contributed by atoms with Crippen LogP contribution in [0.1, 0.15) is 96.7 Å².